The van der Waals surface area contributed by atoms with Crippen LogP contribution in [-0.2, 0) is 9.53 Å². The molecular formula is C12H13NO5. The van der Waals surface area contributed by atoms with Crippen molar-refractivity contribution in [2.75, 3.05) is 13.7 Å². The van der Waals surface area contributed by atoms with Gasteiger partial charge in [-0.3, -0.25) is 4.79 Å². The molecule has 1 N–H and O–H groups in total. The number of ether oxygens (including phenoxy) is 3. The van der Waals surface area contributed by atoms with Crippen LogP contribution in [0.25, 0.3) is 0 Å². The molecule has 1 aromatic rings. The Bertz CT molecular complexity index is 485. The Hall–Kier alpha value is -2.24. The molecule has 0 spiro atoms. The van der Waals surface area contributed by atoms with Gasteiger partial charge in [0.15, 0.2) is 11.5 Å². The topological polar surface area (TPSA) is 73.9 Å². The number of alkyl carbamates (subject to hydrolysis) is 1. The summed E-state index contributed by atoms with van der Waals surface area (Å²) in [5.41, 5.74) is 0.827. The molecule has 1 heterocycles. The molecule has 1 aliphatic rings. The minimum Gasteiger partial charge on any atom is -0.493 e. The molecule has 0 saturated carbocycles. The minimum atomic E-state index is -0.442. The summed E-state index contributed by atoms with van der Waals surface area (Å²) >= 11 is 0. The third kappa shape index (κ3) is 2.53. The van der Waals surface area contributed by atoms with Crippen LogP contribution in [0.1, 0.15) is 18.5 Å². The van der Waals surface area contributed by atoms with E-state index >= 15 is 0 Å². The first-order valence-corrected chi connectivity index (χ1v) is 5.40. The molecule has 0 unspecified atom stereocenters. The molecule has 0 bridgehead atoms. The molecule has 0 aromatic heterocycles. The molecule has 1 saturated heterocycles. The van der Waals surface area contributed by atoms with Gasteiger partial charge in [-0.15, -0.1) is 0 Å². The van der Waals surface area contributed by atoms with Gasteiger partial charge in [-0.25, -0.2) is 4.79 Å². The maximum Gasteiger partial charge on any atom is 0.407 e. The van der Waals surface area contributed by atoms with Crippen molar-refractivity contribution in [2.45, 2.75) is 13.0 Å². The normalized spacial score (nSPS) is 17.9. The zero-order chi connectivity index (χ0) is 13.1. The molecular weight excluding hydrogens is 238 g/mol. The van der Waals surface area contributed by atoms with E-state index in [0.717, 1.165) is 5.56 Å². The van der Waals surface area contributed by atoms with E-state index in [4.69, 9.17) is 14.2 Å². The third-order valence-electron chi connectivity index (χ3n) is 2.52. The van der Waals surface area contributed by atoms with Crippen LogP contribution in [0.15, 0.2) is 18.2 Å². The van der Waals surface area contributed by atoms with E-state index in [-0.39, 0.29) is 12.6 Å². The van der Waals surface area contributed by atoms with Crippen LogP contribution >= 0.6 is 0 Å². The summed E-state index contributed by atoms with van der Waals surface area (Å²) < 4.78 is 14.9. The molecule has 18 heavy (non-hydrogen) atoms. The Labute approximate surface area is 104 Å². The quantitative estimate of drug-likeness (QED) is 0.649. The molecule has 1 fully saturated rings. The first kappa shape index (κ1) is 12.2. The Balaban J connectivity index is 2.24. The maximum atomic E-state index is 11.0. The number of methoxy groups -OCH3 is 1. The Morgan fingerprint density at radius 3 is 2.78 bits per heavy atom. The number of cyclic esters (lactones) is 1. The van der Waals surface area contributed by atoms with Crippen molar-refractivity contribution in [3.8, 4) is 11.5 Å². The summed E-state index contributed by atoms with van der Waals surface area (Å²) in [5.74, 6) is 0.362. The van der Waals surface area contributed by atoms with Gasteiger partial charge in [0.2, 0.25) is 0 Å². The average molecular weight is 251 g/mol. The van der Waals surface area contributed by atoms with E-state index in [1.165, 1.54) is 14.0 Å². The lowest BCUT2D eigenvalue weighted by Gasteiger charge is -2.12. The van der Waals surface area contributed by atoms with Crippen LogP contribution in [0.5, 0.6) is 11.5 Å². The average Bonchev–Trinajstić information content (AvgIpc) is 2.75. The van der Waals surface area contributed by atoms with E-state index in [2.05, 4.69) is 5.32 Å². The summed E-state index contributed by atoms with van der Waals surface area (Å²) in [7, 11) is 1.48. The molecule has 6 nitrogen and oxygen atoms in total. The van der Waals surface area contributed by atoms with E-state index in [1.54, 1.807) is 18.2 Å². The standard InChI is InChI=1S/C12H13NO5/c1-7(14)18-10-4-3-8(5-11(10)16-2)9-6-17-12(15)13-9/h3-5,9H,6H2,1-2H3,(H,13,15)/t9-/m1/s1. The second-order valence-electron chi connectivity index (χ2n) is 3.80. The number of hydrogen-bond donors (Lipinski definition) is 1. The van der Waals surface area contributed by atoms with Crippen molar-refractivity contribution >= 4 is 12.1 Å². The fourth-order valence-electron chi connectivity index (χ4n) is 1.70. The zero-order valence-corrected chi connectivity index (χ0v) is 10.1. The molecule has 2 rings (SSSR count). The van der Waals surface area contributed by atoms with Gasteiger partial charge in [0.05, 0.1) is 13.2 Å². The molecule has 96 valence electrons. The van der Waals surface area contributed by atoms with Gasteiger partial charge >= 0.3 is 12.1 Å². The first-order valence-electron chi connectivity index (χ1n) is 5.40. The lowest BCUT2D eigenvalue weighted by atomic mass is 10.1. The van der Waals surface area contributed by atoms with Crippen molar-refractivity contribution in [3.63, 3.8) is 0 Å². The van der Waals surface area contributed by atoms with E-state index in [1.807, 2.05) is 0 Å². The SMILES string of the molecule is COc1cc([C@H]2COC(=O)N2)ccc1OC(C)=O. The van der Waals surface area contributed by atoms with Gasteiger partial charge in [-0.05, 0) is 17.7 Å². The molecule has 6 heteroatoms. The van der Waals surface area contributed by atoms with Gasteiger partial charge in [-0.2, -0.15) is 0 Å². The largest absolute Gasteiger partial charge is 0.493 e. The van der Waals surface area contributed by atoms with Crippen LogP contribution < -0.4 is 14.8 Å². The minimum absolute atomic E-state index is 0.210. The van der Waals surface area contributed by atoms with Crippen LogP contribution in [0.3, 0.4) is 0 Å². The third-order valence-corrected chi connectivity index (χ3v) is 2.52. The number of carbonyl (C=O) groups excluding carboxylic acids is 2. The highest BCUT2D eigenvalue weighted by Crippen LogP contribution is 2.31. The van der Waals surface area contributed by atoms with Crippen LogP contribution in [0, 0.1) is 0 Å². The summed E-state index contributed by atoms with van der Waals surface area (Å²) in [4.78, 5) is 21.9. The van der Waals surface area contributed by atoms with Crippen molar-refractivity contribution in [1.82, 2.24) is 5.32 Å². The monoisotopic (exact) mass is 251 g/mol. The molecule has 0 radical (unpaired) electrons. The highest BCUT2D eigenvalue weighted by Gasteiger charge is 2.24. The summed E-state index contributed by atoms with van der Waals surface area (Å²) in [6, 6.07) is 4.87. The highest BCUT2D eigenvalue weighted by atomic mass is 16.6. The predicted octanol–water partition coefficient (Wildman–Crippen LogP) is 1.40. The van der Waals surface area contributed by atoms with E-state index < -0.39 is 12.1 Å². The molecule has 0 aliphatic carbocycles. The molecule has 1 aliphatic heterocycles. The van der Waals surface area contributed by atoms with Crippen molar-refractivity contribution in [2.24, 2.45) is 0 Å². The number of amides is 1. The number of esters is 1. The second kappa shape index (κ2) is 4.95. The van der Waals surface area contributed by atoms with Gasteiger partial charge in [0, 0.05) is 6.92 Å². The van der Waals surface area contributed by atoms with Gasteiger partial charge in [0.25, 0.3) is 0 Å². The van der Waals surface area contributed by atoms with E-state index in [9.17, 15) is 9.59 Å². The fraction of sp³-hybridized carbons (Fsp3) is 0.333. The van der Waals surface area contributed by atoms with Gasteiger partial charge in [0.1, 0.15) is 6.61 Å². The Kier molecular flexibility index (Phi) is 3.36. The van der Waals surface area contributed by atoms with Crippen molar-refractivity contribution in [3.05, 3.63) is 23.8 Å². The smallest absolute Gasteiger partial charge is 0.407 e. The lowest BCUT2D eigenvalue weighted by molar-refractivity contribution is -0.132. The summed E-state index contributed by atoms with van der Waals surface area (Å²) in [5, 5.41) is 2.66. The van der Waals surface area contributed by atoms with Crippen LogP contribution in [0.4, 0.5) is 4.79 Å². The highest BCUT2D eigenvalue weighted by molar-refractivity contribution is 5.71. The summed E-state index contributed by atoms with van der Waals surface area (Å²) in [6.07, 6.45) is -0.442. The molecule has 1 atom stereocenters. The number of hydrogen-bond acceptors (Lipinski definition) is 5. The summed E-state index contributed by atoms with van der Waals surface area (Å²) in [6.45, 7) is 1.59. The lowest BCUT2D eigenvalue weighted by Crippen LogP contribution is -2.18. The number of carbonyl (C=O) groups is 2. The molecule has 1 amide bonds. The van der Waals surface area contributed by atoms with Crippen molar-refractivity contribution in [1.29, 1.82) is 0 Å². The number of rotatable bonds is 3. The number of nitrogens with one attached hydrogen (secondary N) is 1. The van der Waals surface area contributed by atoms with Gasteiger partial charge < -0.3 is 19.5 Å². The van der Waals surface area contributed by atoms with E-state index in [0.29, 0.717) is 11.5 Å². The van der Waals surface area contributed by atoms with Gasteiger partial charge in [-0.1, -0.05) is 6.07 Å². The Morgan fingerprint density at radius 1 is 1.44 bits per heavy atom. The Morgan fingerprint density at radius 2 is 2.22 bits per heavy atom. The zero-order valence-electron chi connectivity index (χ0n) is 10.1. The predicted molar refractivity (Wildman–Crippen MR) is 61.5 cm³/mol. The maximum absolute atomic E-state index is 11.0. The van der Waals surface area contributed by atoms with Crippen LogP contribution in [-0.4, -0.2) is 25.8 Å². The number of benzene rings is 1. The van der Waals surface area contributed by atoms with Crippen molar-refractivity contribution < 1.29 is 23.8 Å². The fourth-order valence-corrected chi connectivity index (χ4v) is 1.70. The second-order valence-corrected chi connectivity index (χ2v) is 3.80. The van der Waals surface area contributed by atoms with Crippen LogP contribution in [0.2, 0.25) is 0 Å². The molecule has 1 aromatic carbocycles. The first-order chi connectivity index (χ1) is 8.60.